The Morgan fingerprint density at radius 1 is 1.19 bits per heavy atom. The van der Waals surface area contributed by atoms with Gasteiger partial charge in [-0.25, -0.2) is 0 Å². The summed E-state index contributed by atoms with van der Waals surface area (Å²) >= 11 is 4.68. The molecule has 7 nitrogen and oxygen atoms in total. The maximum atomic E-state index is 12.0. The molecule has 4 N–H and O–H groups in total. The lowest BCUT2D eigenvalue weighted by atomic mass is 10.2. The molecule has 0 radical (unpaired) electrons. The van der Waals surface area contributed by atoms with E-state index in [1.807, 2.05) is 25.1 Å². The molecule has 1 amide bonds. The minimum atomic E-state index is -0.259. The second-order valence-corrected chi connectivity index (χ2v) is 5.52. The highest BCUT2D eigenvalue weighted by molar-refractivity contribution is 7.80. The quantitative estimate of drug-likeness (QED) is 0.374. The third-order valence-electron chi connectivity index (χ3n) is 3.07. The van der Waals surface area contributed by atoms with Gasteiger partial charge in [0.2, 0.25) is 0 Å². The number of thiocarbonyl (C=S) groups is 1. The van der Waals surface area contributed by atoms with Crippen LogP contribution in [0.3, 0.4) is 0 Å². The normalized spacial score (nSPS) is 10.3. The molecule has 2 aromatic carbocycles. The number of ether oxygens (including phenoxy) is 2. The number of nitrogens with one attached hydrogen (secondary N) is 2. The molecule has 0 saturated carbocycles. The number of anilines is 1. The molecule has 0 unspecified atom stereocenters. The van der Waals surface area contributed by atoms with E-state index in [0.29, 0.717) is 23.8 Å². The Kier molecular flexibility index (Phi) is 7.38. The van der Waals surface area contributed by atoms with E-state index in [1.54, 1.807) is 36.5 Å². The van der Waals surface area contributed by atoms with E-state index in [9.17, 15) is 4.79 Å². The highest BCUT2D eigenvalue weighted by Gasteiger charge is 2.09. The number of amides is 1. The lowest BCUT2D eigenvalue weighted by Gasteiger charge is -2.12. The molecule has 0 aliphatic carbocycles. The third kappa shape index (κ3) is 6.40. The van der Waals surface area contributed by atoms with Crippen molar-refractivity contribution in [3.63, 3.8) is 0 Å². The number of rotatable bonds is 8. The lowest BCUT2D eigenvalue weighted by Crippen LogP contribution is -2.24. The Hall–Kier alpha value is -3.13. The van der Waals surface area contributed by atoms with Crippen molar-refractivity contribution >= 4 is 35.1 Å². The van der Waals surface area contributed by atoms with E-state index in [2.05, 4.69) is 28.1 Å². The summed E-state index contributed by atoms with van der Waals surface area (Å²) in [6.45, 7) is 2.19. The standard InChI is InChI=1S/C18H20N4O3S/c1-2-24-16-10-13(11-20-22-18(19)26)8-9-15(16)25-12-17(23)21-14-6-4-3-5-7-14/h3-11H,2,12H2,1H3,(H,21,23)(H3,19,22,26)/b20-11+. The van der Waals surface area contributed by atoms with Gasteiger partial charge in [-0.2, -0.15) is 5.10 Å². The Labute approximate surface area is 157 Å². The minimum Gasteiger partial charge on any atom is -0.490 e. The number of carbonyl (C=O) groups is 1. The summed E-state index contributed by atoms with van der Waals surface area (Å²) in [6, 6.07) is 14.4. The molecular formula is C18H20N4O3S. The monoisotopic (exact) mass is 372 g/mol. The fraction of sp³-hybridized carbons (Fsp3) is 0.167. The smallest absolute Gasteiger partial charge is 0.262 e. The molecule has 0 aliphatic rings. The van der Waals surface area contributed by atoms with Gasteiger partial charge in [-0.3, -0.25) is 10.2 Å². The van der Waals surface area contributed by atoms with Gasteiger partial charge in [-0.1, -0.05) is 18.2 Å². The average Bonchev–Trinajstić information content (AvgIpc) is 2.62. The van der Waals surface area contributed by atoms with Gasteiger partial charge < -0.3 is 20.5 Å². The second kappa shape index (κ2) is 10.00. The molecule has 0 atom stereocenters. The SMILES string of the molecule is CCOc1cc(/C=N/NC(N)=S)ccc1OCC(=O)Nc1ccccc1. The van der Waals surface area contributed by atoms with Crippen molar-refractivity contribution in [3.05, 3.63) is 54.1 Å². The fourth-order valence-corrected chi connectivity index (χ4v) is 2.08. The molecular weight excluding hydrogens is 352 g/mol. The first kappa shape index (κ1) is 19.2. The van der Waals surface area contributed by atoms with Crippen LogP contribution in [0.25, 0.3) is 0 Å². The number of nitrogens with zero attached hydrogens (tertiary/aromatic N) is 1. The summed E-state index contributed by atoms with van der Waals surface area (Å²) in [7, 11) is 0. The topological polar surface area (TPSA) is 98.0 Å². The number of hydrazone groups is 1. The van der Waals surface area contributed by atoms with Crippen LogP contribution in [0.1, 0.15) is 12.5 Å². The number of benzene rings is 2. The van der Waals surface area contributed by atoms with E-state index >= 15 is 0 Å². The van der Waals surface area contributed by atoms with Crippen molar-refractivity contribution in [3.8, 4) is 11.5 Å². The fourth-order valence-electron chi connectivity index (χ4n) is 2.02. The van der Waals surface area contributed by atoms with E-state index in [4.69, 9.17) is 15.2 Å². The molecule has 2 rings (SSSR count). The number of nitrogens with two attached hydrogens (primary N) is 1. The molecule has 136 valence electrons. The third-order valence-corrected chi connectivity index (χ3v) is 3.16. The molecule has 0 bridgehead atoms. The number of carbonyl (C=O) groups excluding carboxylic acids is 1. The van der Waals surface area contributed by atoms with Crippen molar-refractivity contribution in [2.24, 2.45) is 10.8 Å². The zero-order valence-electron chi connectivity index (χ0n) is 14.3. The lowest BCUT2D eigenvalue weighted by molar-refractivity contribution is -0.118. The molecule has 26 heavy (non-hydrogen) atoms. The van der Waals surface area contributed by atoms with Gasteiger partial charge in [-0.15, -0.1) is 0 Å². The van der Waals surface area contributed by atoms with Crippen molar-refractivity contribution in [2.75, 3.05) is 18.5 Å². The first-order valence-corrected chi connectivity index (χ1v) is 8.32. The van der Waals surface area contributed by atoms with Crippen LogP contribution in [0.5, 0.6) is 11.5 Å². The van der Waals surface area contributed by atoms with Gasteiger partial charge in [0.15, 0.2) is 23.2 Å². The van der Waals surface area contributed by atoms with Crippen molar-refractivity contribution in [1.29, 1.82) is 0 Å². The molecule has 0 fully saturated rings. The van der Waals surface area contributed by atoms with E-state index in [-0.39, 0.29) is 17.6 Å². The molecule has 0 aliphatic heterocycles. The first-order valence-electron chi connectivity index (χ1n) is 7.91. The van der Waals surface area contributed by atoms with E-state index < -0.39 is 0 Å². The van der Waals surface area contributed by atoms with Gasteiger partial charge >= 0.3 is 0 Å². The molecule has 0 saturated heterocycles. The van der Waals surface area contributed by atoms with Crippen LogP contribution in [0, 0.1) is 0 Å². The maximum absolute atomic E-state index is 12.0. The molecule has 0 aromatic heterocycles. The van der Waals surface area contributed by atoms with Crippen LogP contribution in [0.2, 0.25) is 0 Å². The van der Waals surface area contributed by atoms with E-state index in [1.165, 1.54) is 0 Å². The van der Waals surface area contributed by atoms with Gasteiger partial charge in [-0.05, 0) is 55.0 Å². The predicted molar refractivity (Wildman–Crippen MR) is 106 cm³/mol. The highest BCUT2D eigenvalue weighted by atomic mass is 32.1. The number of hydrogen-bond donors (Lipinski definition) is 3. The van der Waals surface area contributed by atoms with Crippen LogP contribution >= 0.6 is 12.2 Å². The largest absolute Gasteiger partial charge is 0.490 e. The summed E-state index contributed by atoms with van der Waals surface area (Å²) in [5.74, 6) is 0.721. The van der Waals surface area contributed by atoms with Crippen molar-refractivity contribution < 1.29 is 14.3 Å². The molecule has 8 heteroatoms. The van der Waals surface area contributed by atoms with Crippen LogP contribution in [-0.2, 0) is 4.79 Å². The van der Waals surface area contributed by atoms with Crippen LogP contribution in [0.15, 0.2) is 53.6 Å². The van der Waals surface area contributed by atoms with Crippen molar-refractivity contribution in [1.82, 2.24) is 5.43 Å². The summed E-state index contributed by atoms with van der Waals surface area (Å²) in [4.78, 5) is 12.0. The van der Waals surface area contributed by atoms with Gasteiger partial charge in [0.25, 0.3) is 5.91 Å². The van der Waals surface area contributed by atoms with Gasteiger partial charge in [0.05, 0.1) is 12.8 Å². The number of hydrogen-bond acceptors (Lipinski definition) is 5. The maximum Gasteiger partial charge on any atom is 0.262 e. The van der Waals surface area contributed by atoms with Gasteiger partial charge in [0.1, 0.15) is 0 Å². The predicted octanol–water partition coefficient (Wildman–Crippen LogP) is 2.27. The Morgan fingerprint density at radius 2 is 1.96 bits per heavy atom. The summed E-state index contributed by atoms with van der Waals surface area (Å²) in [6.07, 6.45) is 1.55. The molecule has 2 aromatic rings. The van der Waals surface area contributed by atoms with Crippen molar-refractivity contribution in [2.45, 2.75) is 6.92 Å². The van der Waals surface area contributed by atoms with Crippen LogP contribution in [0.4, 0.5) is 5.69 Å². The van der Waals surface area contributed by atoms with Crippen LogP contribution in [-0.4, -0.2) is 30.4 Å². The summed E-state index contributed by atoms with van der Waals surface area (Å²) < 4.78 is 11.1. The molecule has 0 spiro atoms. The summed E-state index contributed by atoms with van der Waals surface area (Å²) in [5.41, 5.74) is 9.26. The zero-order valence-corrected chi connectivity index (χ0v) is 15.1. The molecule has 0 heterocycles. The van der Waals surface area contributed by atoms with E-state index in [0.717, 1.165) is 5.56 Å². The second-order valence-electron chi connectivity index (χ2n) is 5.08. The van der Waals surface area contributed by atoms with Gasteiger partial charge in [0, 0.05) is 5.69 Å². The Bertz CT molecular complexity index is 781. The number of para-hydroxylation sites is 1. The summed E-state index contributed by atoms with van der Waals surface area (Å²) in [5, 5.41) is 6.73. The Balaban J connectivity index is 1.99. The zero-order chi connectivity index (χ0) is 18.8. The Morgan fingerprint density at radius 3 is 2.65 bits per heavy atom. The average molecular weight is 372 g/mol. The highest BCUT2D eigenvalue weighted by Crippen LogP contribution is 2.28. The van der Waals surface area contributed by atoms with Crippen LogP contribution < -0.4 is 25.9 Å². The minimum absolute atomic E-state index is 0.0793. The first-order chi connectivity index (χ1) is 12.6.